The van der Waals surface area contributed by atoms with E-state index < -0.39 is 0 Å². The Morgan fingerprint density at radius 1 is 1.40 bits per heavy atom. The van der Waals surface area contributed by atoms with Gasteiger partial charge >= 0.3 is 0 Å². The number of halogens is 1. The largest absolute Gasteiger partial charge is 0.348 e. The van der Waals surface area contributed by atoms with E-state index in [1.165, 1.54) is 0 Å². The number of nitrogens with two attached hydrogens (primary N) is 1. The van der Waals surface area contributed by atoms with E-state index in [0.717, 1.165) is 11.3 Å². The van der Waals surface area contributed by atoms with Crippen LogP contribution in [-0.2, 0) is 6.42 Å². The number of nitrogens with one attached hydrogen (secondary N) is 1. The molecule has 0 saturated carbocycles. The number of aromatic nitrogens is 2. The molecule has 3 N–H and O–H groups in total. The van der Waals surface area contributed by atoms with Gasteiger partial charge in [-0.05, 0) is 11.6 Å². The van der Waals surface area contributed by atoms with E-state index in [1.807, 2.05) is 24.3 Å². The molecule has 1 unspecified atom stereocenters. The van der Waals surface area contributed by atoms with E-state index in [2.05, 4.69) is 9.97 Å². The number of benzene rings is 1. The third kappa shape index (κ3) is 2.37. The van der Waals surface area contributed by atoms with Crippen molar-refractivity contribution < 1.29 is 0 Å². The molecule has 0 aliphatic carbocycles. The number of rotatable bonds is 3. The molecule has 1 aromatic carbocycles. The van der Waals surface area contributed by atoms with Crippen LogP contribution >= 0.6 is 11.6 Å². The first-order valence-electron chi connectivity index (χ1n) is 4.74. The molecule has 0 amide bonds. The molecule has 0 spiro atoms. The van der Waals surface area contributed by atoms with E-state index in [0.29, 0.717) is 11.4 Å². The molecule has 0 aliphatic heterocycles. The fourth-order valence-corrected chi connectivity index (χ4v) is 1.79. The summed E-state index contributed by atoms with van der Waals surface area (Å²) in [6.45, 7) is 0. The third-order valence-electron chi connectivity index (χ3n) is 2.30. The topological polar surface area (TPSA) is 54.7 Å². The maximum Gasteiger partial charge on any atom is 0.0921 e. The second-order valence-electron chi connectivity index (χ2n) is 3.41. The fraction of sp³-hybridized carbons (Fsp3) is 0.182. The summed E-state index contributed by atoms with van der Waals surface area (Å²) in [5.41, 5.74) is 8.04. The minimum Gasteiger partial charge on any atom is -0.348 e. The molecule has 1 heterocycles. The zero-order valence-electron chi connectivity index (χ0n) is 8.15. The van der Waals surface area contributed by atoms with Gasteiger partial charge < -0.3 is 10.7 Å². The van der Waals surface area contributed by atoms with Crippen LogP contribution < -0.4 is 5.73 Å². The number of nitrogens with zero attached hydrogens (tertiary/aromatic N) is 1. The summed E-state index contributed by atoms with van der Waals surface area (Å²) in [4.78, 5) is 6.97. The summed E-state index contributed by atoms with van der Waals surface area (Å²) in [5, 5.41) is 0.713. The Labute approximate surface area is 93.3 Å². The number of imidazole rings is 1. The van der Waals surface area contributed by atoms with Crippen LogP contribution in [0.15, 0.2) is 36.8 Å². The van der Waals surface area contributed by atoms with E-state index >= 15 is 0 Å². The number of hydrogen-bond acceptors (Lipinski definition) is 2. The Hall–Kier alpha value is -1.32. The lowest BCUT2D eigenvalue weighted by atomic mass is 10.0. The molecule has 0 radical (unpaired) electrons. The first-order valence-corrected chi connectivity index (χ1v) is 5.12. The Balaban J connectivity index is 2.15. The molecular formula is C11H12ClN3. The van der Waals surface area contributed by atoms with Crippen LogP contribution in [0.2, 0.25) is 5.02 Å². The van der Waals surface area contributed by atoms with Crippen molar-refractivity contribution in [1.82, 2.24) is 9.97 Å². The van der Waals surface area contributed by atoms with Gasteiger partial charge in [-0.1, -0.05) is 29.8 Å². The van der Waals surface area contributed by atoms with E-state index in [4.69, 9.17) is 17.3 Å². The van der Waals surface area contributed by atoms with Crippen LogP contribution in [0.5, 0.6) is 0 Å². The Kier molecular flexibility index (Phi) is 3.04. The van der Waals surface area contributed by atoms with Gasteiger partial charge in [-0.2, -0.15) is 0 Å². The molecule has 15 heavy (non-hydrogen) atoms. The van der Waals surface area contributed by atoms with Gasteiger partial charge in [0.05, 0.1) is 6.33 Å². The van der Waals surface area contributed by atoms with Crippen molar-refractivity contribution in [2.45, 2.75) is 12.5 Å². The maximum absolute atomic E-state index is 6.05. The van der Waals surface area contributed by atoms with Crippen molar-refractivity contribution in [3.63, 3.8) is 0 Å². The fourth-order valence-electron chi connectivity index (χ4n) is 1.52. The highest BCUT2D eigenvalue weighted by Gasteiger charge is 2.10. The smallest absolute Gasteiger partial charge is 0.0921 e. The molecule has 4 heteroatoms. The minimum absolute atomic E-state index is 0.0980. The second kappa shape index (κ2) is 4.47. The second-order valence-corrected chi connectivity index (χ2v) is 3.82. The summed E-state index contributed by atoms with van der Waals surface area (Å²) in [6, 6.07) is 7.54. The Morgan fingerprint density at radius 3 is 2.87 bits per heavy atom. The van der Waals surface area contributed by atoms with Crippen LogP contribution in [-0.4, -0.2) is 9.97 Å². The molecule has 78 valence electrons. The van der Waals surface area contributed by atoms with Crippen LogP contribution in [0.4, 0.5) is 0 Å². The average molecular weight is 222 g/mol. The molecule has 0 bridgehead atoms. The highest BCUT2D eigenvalue weighted by Crippen LogP contribution is 2.22. The van der Waals surface area contributed by atoms with Gasteiger partial charge in [-0.3, -0.25) is 0 Å². The standard InChI is InChI=1S/C11H12ClN3/c12-10-4-2-1-3-9(10)11(13)5-8-6-14-7-15-8/h1-4,6-7,11H,5,13H2,(H,14,15). The normalized spacial score (nSPS) is 12.7. The van der Waals surface area contributed by atoms with Gasteiger partial charge in [-0.15, -0.1) is 0 Å². The van der Waals surface area contributed by atoms with Crippen molar-refractivity contribution >= 4 is 11.6 Å². The minimum atomic E-state index is -0.0980. The average Bonchev–Trinajstić information content (AvgIpc) is 2.71. The van der Waals surface area contributed by atoms with Crippen molar-refractivity contribution in [2.75, 3.05) is 0 Å². The molecular weight excluding hydrogens is 210 g/mol. The summed E-state index contributed by atoms with van der Waals surface area (Å²) in [6.07, 6.45) is 4.13. The van der Waals surface area contributed by atoms with Gasteiger partial charge in [-0.25, -0.2) is 4.98 Å². The number of aromatic amines is 1. The quantitative estimate of drug-likeness (QED) is 0.836. The summed E-state index contributed by atoms with van der Waals surface area (Å²) >= 11 is 6.05. The molecule has 2 aromatic rings. The third-order valence-corrected chi connectivity index (χ3v) is 2.64. The highest BCUT2D eigenvalue weighted by atomic mass is 35.5. The lowest BCUT2D eigenvalue weighted by Gasteiger charge is -2.12. The molecule has 2 rings (SSSR count). The lowest BCUT2D eigenvalue weighted by molar-refractivity contribution is 0.710. The van der Waals surface area contributed by atoms with E-state index in [1.54, 1.807) is 12.5 Å². The number of hydrogen-bond donors (Lipinski definition) is 2. The van der Waals surface area contributed by atoms with Crippen molar-refractivity contribution in [1.29, 1.82) is 0 Å². The molecule has 0 fully saturated rings. The molecule has 1 aromatic heterocycles. The van der Waals surface area contributed by atoms with Gasteiger partial charge in [0.25, 0.3) is 0 Å². The highest BCUT2D eigenvalue weighted by molar-refractivity contribution is 6.31. The zero-order valence-corrected chi connectivity index (χ0v) is 8.91. The summed E-state index contributed by atoms with van der Waals surface area (Å²) < 4.78 is 0. The van der Waals surface area contributed by atoms with Gasteiger partial charge in [0, 0.05) is 29.4 Å². The molecule has 0 saturated heterocycles. The van der Waals surface area contributed by atoms with Crippen molar-refractivity contribution in [3.8, 4) is 0 Å². The maximum atomic E-state index is 6.05. The van der Waals surface area contributed by atoms with Gasteiger partial charge in [0.15, 0.2) is 0 Å². The SMILES string of the molecule is NC(Cc1cnc[nH]1)c1ccccc1Cl. The lowest BCUT2D eigenvalue weighted by Crippen LogP contribution is -2.13. The summed E-state index contributed by atoms with van der Waals surface area (Å²) in [7, 11) is 0. The zero-order chi connectivity index (χ0) is 10.7. The summed E-state index contributed by atoms with van der Waals surface area (Å²) in [5.74, 6) is 0. The first kappa shape index (κ1) is 10.2. The number of H-pyrrole nitrogens is 1. The van der Waals surface area contributed by atoms with Crippen LogP contribution in [0.3, 0.4) is 0 Å². The predicted molar refractivity (Wildman–Crippen MR) is 60.7 cm³/mol. The van der Waals surface area contributed by atoms with Crippen LogP contribution in [0.1, 0.15) is 17.3 Å². The van der Waals surface area contributed by atoms with Gasteiger partial charge in [0.2, 0.25) is 0 Å². The molecule has 1 atom stereocenters. The monoisotopic (exact) mass is 221 g/mol. The first-order chi connectivity index (χ1) is 7.27. The van der Waals surface area contributed by atoms with Crippen molar-refractivity contribution in [2.24, 2.45) is 5.73 Å². The van der Waals surface area contributed by atoms with Gasteiger partial charge in [0.1, 0.15) is 0 Å². The van der Waals surface area contributed by atoms with Crippen molar-refractivity contribution in [3.05, 3.63) is 53.1 Å². The van der Waals surface area contributed by atoms with Crippen LogP contribution in [0, 0.1) is 0 Å². The molecule has 0 aliphatic rings. The van der Waals surface area contributed by atoms with E-state index in [-0.39, 0.29) is 6.04 Å². The Morgan fingerprint density at radius 2 is 2.20 bits per heavy atom. The predicted octanol–water partition coefficient (Wildman–Crippen LogP) is 2.31. The Bertz CT molecular complexity index is 425. The molecule has 3 nitrogen and oxygen atoms in total. The van der Waals surface area contributed by atoms with Crippen LogP contribution in [0.25, 0.3) is 0 Å². The van der Waals surface area contributed by atoms with E-state index in [9.17, 15) is 0 Å².